The molecule has 2 aromatic rings. The third-order valence-electron chi connectivity index (χ3n) is 4.51. The Morgan fingerprint density at radius 1 is 1.04 bits per heavy atom. The molecule has 1 amide bonds. The minimum absolute atomic E-state index is 0.0508. The van der Waals surface area contributed by atoms with E-state index in [0.29, 0.717) is 6.42 Å². The van der Waals surface area contributed by atoms with Crippen molar-refractivity contribution in [1.29, 1.82) is 0 Å². The minimum atomic E-state index is -0.510. The Kier molecular flexibility index (Phi) is 7.07. The Bertz CT molecular complexity index is 725. The normalized spacial score (nSPS) is 13.0. The van der Waals surface area contributed by atoms with E-state index in [1.165, 1.54) is 5.56 Å². The van der Waals surface area contributed by atoms with E-state index >= 15 is 0 Å². The molecule has 4 nitrogen and oxygen atoms in total. The number of aryl methyl sites for hydroxylation is 2. The lowest BCUT2D eigenvalue weighted by atomic mass is 10.0. The number of nitrogens with one attached hydrogen (secondary N) is 1. The summed E-state index contributed by atoms with van der Waals surface area (Å²) in [5, 5.41) is 3.12. The van der Waals surface area contributed by atoms with Crippen molar-refractivity contribution in [2.24, 2.45) is 0 Å². The molecule has 4 heteroatoms. The Morgan fingerprint density at radius 2 is 1.73 bits per heavy atom. The highest BCUT2D eigenvalue weighted by molar-refractivity contribution is 5.81. The van der Waals surface area contributed by atoms with Gasteiger partial charge in [0.25, 0.3) is 5.91 Å². The van der Waals surface area contributed by atoms with Crippen LogP contribution in [0.4, 0.5) is 0 Å². The van der Waals surface area contributed by atoms with E-state index in [2.05, 4.69) is 18.3 Å². The second-order valence-electron chi connectivity index (χ2n) is 6.53. The molecule has 2 rings (SSSR count). The molecule has 0 spiro atoms. The zero-order valence-corrected chi connectivity index (χ0v) is 16.3. The van der Waals surface area contributed by atoms with Crippen molar-refractivity contribution < 1.29 is 14.3 Å². The first-order valence-electron chi connectivity index (χ1n) is 9.16. The van der Waals surface area contributed by atoms with Crippen LogP contribution in [0.5, 0.6) is 11.5 Å². The highest BCUT2D eigenvalue weighted by Crippen LogP contribution is 2.23. The zero-order chi connectivity index (χ0) is 19.1. The summed E-state index contributed by atoms with van der Waals surface area (Å²) in [6.07, 6.45) is 0.902. The number of methoxy groups -OCH3 is 1. The summed E-state index contributed by atoms with van der Waals surface area (Å²) in [5.74, 6) is 1.48. The molecule has 2 atom stereocenters. The van der Waals surface area contributed by atoms with E-state index in [9.17, 15) is 4.79 Å². The van der Waals surface area contributed by atoms with Gasteiger partial charge in [-0.1, -0.05) is 43.7 Å². The van der Waals surface area contributed by atoms with Crippen LogP contribution in [0.15, 0.2) is 42.5 Å². The molecule has 0 fully saturated rings. The van der Waals surface area contributed by atoms with E-state index in [-0.39, 0.29) is 11.9 Å². The fraction of sp³-hybridized carbons (Fsp3) is 0.409. The molecule has 0 saturated heterocycles. The fourth-order valence-electron chi connectivity index (χ4n) is 2.93. The van der Waals surface area contributed by atoms with Crippen molar-refractivity contribution in [2.45, 2.75) is 52.7 Å². The lowest BCUT2D eigenvalue weighted by Gasteiger charge is -2.23. The van der Waals surface area contributed by atoms with Gasteiger partial charge in [0.1, 0.15) is 11.5 Å². The average molecular weight is 355 g/mol. The molecule has 2 aromatic carbocycles. The Labute approximate surface area is 156 Å². The molecule has 2 unspecified atom stereocenters. The predicted molar refractivity (Wildman–Crippen MR) is 105 cm³/mol. The monoisotopic (exact) mass is 355 g/mol. The molecular weight excluding hydrogens is 326 g/mol. The van der Waals surface area contributed by atoms with Crippen LogP contribution in [0.3, 0.4) is 0 Å². The Morgan fingerprint density at radius 3 is 2.27 bits per heavy atom. The summed E-state index contributed by atoms with van der Waals surface area (Å²) >= 11 is 0. The van der Waals surface area contributed by atoms with Crippen LogP contribution < -0.4 is 14.8 Å². The second-order valence-corrected chi connectivity index (χ2v) is 6.53. The SMILES string of the molecule is CCC(Oc1ccc(C)cc1C)C(=O)NC(CC)c1ccc(OC)cc1. The lowest BCUT2D eigenvalue weighted by Crippen LogP contribution is -2.40. The van der Waals surface area contributed by atoms with Crippen LogP contribution in [0, 0.1) is 13.8 Å². The van der Waals surface area contributed by atoms with Crippen molar-refractivity contribution in [3.05, 3.63) is 59.2 Å². The Balaban J connectivity index is 2.08. The van der Waals surface area contributed by atoms with Crippen LogP contribution in [0.1, 0.15) is 49.4 Å². The van der Waals surface area contributed by atoms with Crippen LogP contribution in [-0.4, -0.2) is 19.1 Å². The molecule has 140 valence electrons. The van der Waals surface area contributed by atoms with Crippen LogP contribution in [-0.2, 0) is 4.79 Å². The summed E-state index contributed by atoms with van der Waals surface area (Å²) in [7, 11) is 1.64. The van der Waals surface area contributed by atoms with Gasteiger partial charge >= 0.3 is 0 Å². The van der Waals surface area contributed by atoms with Gasteiger partial charge in [0.05, 0.1) is 13.2 Å². The average Bonchev–Trinajstić information content (AvgIpc) is 2.65. The van der Waals surface area contributed by atoms with Crippen LogP contribution >= 0.6 is 0 Å². The van der Waals surface area contributed by atoms with Gasteiger partial charge in [-0.05, 0) is 56.0 Å². The lowest BCUT2D eigenvalue weighted by molar-refractivity contribution is -0.129. The van der Waals surface area contributed by atoms with Gasteiger partial charge in [0.15, 0.2) is 6.10 Å². The van der Waals surface area contributed by atoms with Gasteiger partial charge in [0.2, 0.25) is 0 Å². The molecule has 26 heavy (non-hydrogen) atoms. The minimum Gasteiger partial charge on any atom is -0.497 e. The Hall–Kier alpha value is -2.49. The summed E-state index contributed by atoms with van der Waals surface area (Å²) in [6.45, 7) is 8.06. The first-order chi connectivity index (χ1) is 12.5. The van der Waals surface area contributed by atoms with Crippen molar-refractivity contribution in [1.82, 2.24) is 5.32 Å². The largest absolute Gasteiger partial charge is 0.497 e. The van der Waals surface area contributed by atoms with E-state index < -0.39 is 6.10 Å². The summed E-state index contributed by atoms with van der Waals surface area (Å²) in [6, 6.07) is 13.7. The molecule has 0 radical (unpaired) electrons. The van der Waals surface area contributed by atoms with Gasteiger partial charge < -0.3 is 14.8 Å². The van der Waals surface area contributed by atoms with Gasteiger partial charge in [0, 0.05) is 0 Å². The number of rotatable bonds is 8. The highest BCUT2D eigenvalue weighted by atomic mass is 16.5. The van der Waals surface area contributed by atoms with Crippen molar-refractivity contribution >= 4 is 5.91 Å². The maximum atomic E-state index is 12.8. The molecule has 0 aromatic heterocycles. The molecule has 0 aliphatic carbocycles. The second kappa shape index (κ2) is 9.27. The quantitative estimate of drug-likeness (QED) is 0.744. The first kappa shape index (κ1) is 19.8. The highest BCUT2D eigenvalue weighted by Gasteiger charge is 2.22. The molecule has 0 aliphatic rings. The first-order valence-corrected chi connectivity index (χ1v) is 9.16. The number of hydrogen-bond donors (Lipinski definition) is 1. The van der Waals surface area contributed by atoms with Crippen LogP contribution in [0.2, 0.25) is 0 Å². The summed E-state index contributed by atoms with van der Waals surface area (Å²) in [5.41, 5.74) is 3.28. The standard InChI is InChI=1S/C22H29NO3/c1-6-19(17-9-11-18(25-5)12-10-17)23-22(24)20(7-2)26-21-13-8-15(3)14-16(21)4/h8-14,19-20H,6-7H2,1-5H3,(H,23,24). The maximum absolute atomic E-state index is 12.8. The molecule has 1 N–H and O–H groups in total. The van der Waals surface area contributed by atoms with Crippen molar-refractivity contribution in [2.75, 3.05) is 7.11 Å². The maximum Gasteiger partial charge on any atom is 0.261 e. The van der Waals surface area contributed by atoms with Gasteiger partial charge in [-0.25, -0.2) is 0 Å². The molecule has 0 heterocycles. The summed E-state index contributed by atoms with van der Waals surface area (Å²) < 4.78 is 11.2. The third-order valence-corrected chi connectivity index (χ3v) is 4.51. The third kappa shape index (κ3) is 5.01. The number of hydrogen-bond acceptors (Lipinski definition) is 3. The van der Waals surface area contributed by atoms with Crippen molar-refractivity contribution in [3.8, 4) is 11.5 Å². The van der Waals surface area contributed by atoms with E-state index in [4.69, 9.17) is 9.47 Å². The number of ether oxygens (including phenoxy) is 2. The van der Waals surface area contributed by atoms with Gasteiger partial charge in [-0.3, -0.25) is 4.79 Å². The molecular formula is C22H29NO3. The predicted octanol–water partition coefficient (Wildman–Crippen LogP) is 4.74. The molecule has 0 saturated carbocycles. The molecule has 0 bridgehead atoms. The van der Waals surface area contributed by atoms with E-state index in [1.54, 1.807) is 7.11 Å². The number of amides is 1. The van der Waals surface area contributed by atoms with Gasteiger partial charge in [-0.2, -0.15) is 0 Å². The number of carbonyl (C=O) groups excluding carboxylic acids is 1. The molecule has 0 aliphatic heterocycles. The zero-order valence-electron chi connectivity index (χ0n) is 16.3. The fourth-order valence-corrected chi connectivity index (χ4v) is 2.93. The van der Waals surface area contributed by atoms with E-state index in [1.807, 2.05) is 57.2 Å². The van der Waals surface area contributed by atoms with Crippen molar-refractivity contribution in [3.63, 3.8) is 0 Å². The number of carbonyl (C=O) groups is 1. The summed E-state index contributed by atoms with van der Waals surface area (Å²) in [4.78, 5) is 12.8. The van der Waals surface area contributed by atoms with Crippen LogP contribution in [0.25, 0.3) is 0 Å². The number of benzene rings is 2. The van der Waals surface area contributed by atoms with E-state index in [0.717, 1.165) is 29.0 Å². The topological polar surface area (TPSA) is 47.6 Å². The van der Waals surface area contributed by atoms with Gasteiger partial charge in [-0.15, -0.1) is 0 Å². The smallest absolute Gasteiger partial charge is 0.261 e.